The zero-order valence-electron chi connectivity index (χ0n) is 12.2. The molecule has 0 aromatic rings. The molecule has 102 valence electrons. The quantitative estimate of drug-likeness (QED) is 0.741. The number of hydrogen-bond acceptors (Lipinski definition) is 3. The van der Waals surface area contributed by atoms with Crippen molar-refractivity contribution in [2.45, 2.75) is 71.2 Å². The number of likely N-dealkylation sites (N-methyl/N-ethyl adjacent to an activating group) is 1. The fourth-order valence-corrected chi connectivity index (χ4v) is 2.63. The summed E-state index contributed by atoms with van der Waals surface area (Å²) in [5.41, 5.74) is 0. The molecule has 0 radical (unpaired) electrons. The Bertz CT molecular complexity index is 210. The molecule has 1 heterocycles. The van der Waals surface area contributed by atoms with E-state index in [2.05, 4.69) is 45.0 Å². The van der Waals surface area contributed by atoms with Gasteiger partial charge in [0.15, 0.2) is 0 Å². The van der Waals surface area contributed by atoms with Crippen LogP contribution in [0, 0.1) is 0 Å². The van der Waals surface area contributed by atoms with Crippen LogP contribution in [-0.4, -0.2) is 49.3 Å². The molecule has 0 aromatic heterocycles. The zero-order chi connectivity index (χ0) is 12.8. The Balaban J connectivity index is 2.28. The van der Waals surface area contributed by atoms with Crippen LogP contribution in [0.25, 0.3) is 0 Å². The Morgan fingerprint density at radius 3 is 2.65 bits per heavy atom. The van der Waals surface area contributed by atoms with Gasteiger partial charge in [0.25, 0.3) is 0 Å². The average molecular weight is 242 g/mol. The Hall–Kier alpha value is -0.120. The summed E-state index contributed by atoms with van der Waals surface area (Å²) in [6.07, 6.45) is 4.08. The average Bonchev–Trinajstić information content (AvgIpc) is 2.71. The molecule has 4 unspecified atom stereocenters. The number of ether oxygens (including phenoxy) is 1. The van der Waals surface area contributed by atoms with E-state index in [-0.39, 0.29) is 0 Å². The number of rotatable bonds is 7. The maximum atomic E-state index is 5.64. The van der Waals surface area contributed by atoms with Crippen LogP contribution in [0.15, 0.2) is 0 Å². The van der Waals surface area contributed by atoms with Crippen LogP contribution in [0.1, 0.15) is 47.0 Å². The minimum atomic E-state index is 0.385. The molecule has 0 amide bonds. The summed E-state index contributed by atoms with van der Waals surface area (Å²) < 4.78 is 5.64. The topological polar surface area (TPSA) is 24.5 Å². The lowest BCUT2D eigenvalue weighted by Gasteiger charge is -2.33. The second-order valence-electron chi connectivity index (χ2n) is 5.54. The minimum absolute atomic E-state index is 0.385. The lowest BCUT2D eigenvalue weighted by molar-refractivity contribution is 0.0699. The summed E-state index contributed by atoms with van der Waals surface area (Å²) in [5.74, 6) is 0. The highest BCUT2D eigenvalue weighted by Crippen LogP contribution is 2.19. The van der Waals surface area contributed by atoms with Gasteiger partial charge in [-0.25, -0.2) is 0 Å². The van der Waals surface area contributed by atoms with Gasteiger partial charge < -0.3 is 10.1 Å². The van der Waals surface area contributed by atoms with E-state index >= 15 is 0 Å². The Morgan fingerprint density at radius 2 is 2.12 bits per heavy atom. The largest absolute Gasteiger partial charge is 0.377 e. The van der Waals surface area contributed by atoms with Crippen molar-refractivity contribution >= 4 is 0 Å². The van der Waals surface area contributed by atoms with Gasteiger partial charge in [-0.05, 0) is 40.7 Å². The second-order valence-corrected chi connectivity index (χ2v) is 5.54. The normalized spacial score (nSPS) is 28.6. The molecule has 1 rings (SSSR count). The van der Waals surface area contributed by atoms with Gasteiger partial charge in [0.05, 0.1) is 6.10 Å². The maximum absolute atomic E-state index is 5.64. The van der Waals surface area contributed by atoms with Gasteiger partial charge in [-0.2, -0.15) is 0 Å². The zero-order valence-corrected chi connectivity index (χ0v) is 12.2. The van der Waals surface area contributed by atoms with E-state index in [1.807, 2.05) is 0 Å². The summed E-state index contributed by atoms with van der Waals surface area (Å²) in [7, 11) is 2.23. The molecule has 0 spiro atoms. The van der Waals surface area contributed by atoms with Crippen LogP contribution in [0.4, 0.5) is 0 Å². The molecule has 0 bridgehead atoms. The third kappa shape index (κ3) is 4.57. The summed E-state index contributed by atoms with van der Waals surface area (Å²) in [6.45, 7) is 11.0. The Morgan fingerprint density at radius 1 is 1.41 bits per heavy atom. The predicted octanol–water partition coefficient (Wildman–Crippen LogP) is 2.26. The van der Waals surface area contributed by atoms with Gasteiger partial charge >= 0.3 is 0 Å². The molecule has 4 atom stereocenters. The van der Waals surface area contributed by atoms with Crippen LogP contribution in [0.2, 0.25) is 0 Å². The molecule has 3 heteroatoms. The van der Waals surface area contributed by atoms with Gasteiger partial charge in [0, 0.05) is 31.3 Å². The summed E-state index contributed by atoms with van der Waals surface area (Å²) >= 11 is 0. The lowest BCUT2D eigenvalue weighted by atomic mass is 10.1. The smallest absolute Gasteiger partial charge is 0.0703 e. The first-order valence-electron chi connectivity index (χ1n) is 7.13. The number of hydrogen-bond donors (Lipinski definition) is 1. The molecule has 0 aliphatic carbocycles. The summed E-state index contributed by atoms with van der Waals surface area (Å²) in [4.78, 5) is 2.48. The predicted molar refractivity (Wildman–Crippen MR) is 73.4 cm³/mol. The van der Waals surface area contributed by atoms with Crippen molar-refractivity contribution in [2.75, 3.05) is 20.2 Å². The first-order chi connectivity index (χ1) is 8.06. The highest BCUT2D eigenvalue weighted by molar-refractivity contribution is 4.84. The Kier molecular flexibility index (Phi) is 6.45. The standard InChI is InChI=1S/C14H30N2O/c1-6-7-11(2)15-10-12(3)16(5)14-8-9-17-13(14)4/h11-15H,6-10H2,1-5H3. The van der Waals surface area contributed by atoms with Crippen LogP contribution < -0.4 is 5.32 Å². The first-order valence-corrected chi connectivity index (χ1v) is 7.13. The van der Waals surface area contributed by atoms with E-state index in [9.17, 15) is 0 Å². The maximum Gasteiger partial charge on any atom is 0.0703 e. The second kappa shape index (κ2) is 7.34. The van der Waals surface area contributed by atoms with Gasteiger partial charge in [0.1, 0.15) is 0 Å². The van der Waals surface area contributed by atoms with Crippen LogP contribution >= 0.6 is 0 Å². The van der Waals surface area contributed by atoms with Gasteiger partial charge in [-0.3, -0.25) is 4.90 Å². The molecule has 1 fully saturated rings. The van der Waals surface area contributed by atoms with Gasteiger partial charge in [-0.15, -0.1) is 0 Å². The highest BCUT2D eigenvalue weighted by Gasteiger charge is 2.30. The molecular weight excluding hydrogens is 212 g/mol. The number of nitrogens with one attached hydrogen (secondary N) is 1. The molecule has 1 aliphatic rings. The summed E-state index contributed by atoms with van der Waals surface area (Å²) in [5, 5.41) is 3.62. The molecule has 1 saturated heterocycles. The molecule has 1 aliphatic heterocycles. The van der Waals surface area contributed by atoms with Crippen molar-refractivity contribution in [2.24, 2.45) is 0 Å². The third-order valence-corrected chi connectivity index (χ3v) is 4.04. The van der Waals surface area contributed by atoms with Crippen LogP contribution in [0.3, 0.4) is 0 Å². The molecule has 0 aromatic carbocycles. The number of nitrogens with zero attached hydrogens (tertiary/aromatic N) is 1. The van der Waals surface area contributed by atoms with Crippen molar-refractivity contribution in [3.8, 4) is 0 Å². The first kappa shape index (κ1) is 14.9. The fourth-order valence-electron chi connectivity index (χ4n) is 2.63. The lowest BCUT2D eigenvalue weighted by Crippen LogP contribution is -2.47. The van der Waals surface area contributed by atoms with Crippen molar-refractivity contribution in [1.29, 1.82) is 0 Å². The highest BCUT2D eigenvalue weighted by atomic mass is 16.5. The van der Waals surface area contributed by atoms with E-state index in [1.54, 1.807) is 0 Å². The van der Waals surface area contributed by atoms with Crippen molar-refractivity contribution in [3.63, 3.8) is 0 Å². The van der Waals surface area contributed by atoms with E-state index in [4.69, 9.17) is 4.74 Å². The van der Waals surface area contributed by atoms with Gasteiger partial charge in [0.2, 0.25) is 0 Å². The van der Waals surface area contributed by atoms with Crippen molar-refractivity contribution < 1.29 is 4.74 Å². The van der Waals surface area contributed by atoms with Gasteiger partial charge in [-0.1, -0.05) is 13.3 Å². The fraction of sp³-hybridized carbons (Fsp3) is 1.00. The monoisotopic (exact) mass is 242 g/mol. The molecule has 0 saturated carbocycles. The minimum Gasteiger partial charge on any atom is -0.377 e. The van der Waals surface area contributed by atoms with Crippen molar-refractivity contribution in [1.82, 2.24) is 10.2 Å². The molecule has 1 N–H and O–H groups in total. The van der Waals surface area contributed by atoms with E-state index in [1.165, 1.54) is 19.3 Å². The van der Waals surface area contributed by atoms with Crippen LogP contribution in [-0.2, 0) is 4.74 Å². The van der Waals surface area contributed by atoms with Crippen LogP contribution in [0.5, 0.6) is 0 Å². The van der Waals surface area contributed by atoms with E-state index in [0.717, 1.165) is 13.2 Å². The molecule has 3 nitrogen and oxygen atoms in total. The SMILES string of the molecule is CCCC(C)NCC(C)N(C)C1CCOC1C. The summed E-state index contributed by atoms with van der Waals surface area (Å²) in [6, 6.07) is 1.80. The molecule has 17 heavy (non-hydrogen) atoms. The van der Waals surface area contributed by atoms with Crippen molar-refractivity contribution in [3.05, 3.63) is 0 Å². The van der Waals surface area contributed by atoms with E-state index in [0.29, 0.717) is 24.2 Å². The third-order valence-electron chi connectivity index (χ3n) is 4.04. The Labute approximate surface area is 107 Å². The molecular formula is C14H30N2O. The van der Waals surface area contributed by atoms with E-state index < -0.39 is 0 Å².